The largest absolute Gasteiger partial charge is 0.416 e. The number of halogens is 3. The van der Waals surface area contributed by atoms with Crippen molar-refractivity contribution in [3.05, 3.63) is 65.2 Å². The Bertz CT molecular complexity index is 708. The lowest BCUT2D eigenvalue weighted by Crippen LogP contribution is -2.45. The molecule has 140 valence electrons. The summed E-state index contributed by atoms with van der Waals surface area (Å²) in [6.45, 7) is 4.56. The predicted molar refractivity (Wildman–Crippen MR) is 100 cm³/mol. The van der Waals surface area contributed by atoms with Crippen molar-refractivity contribution < 1.29 is 13.2 Å². The highest BCUT2D eigenvalue weighted by molar-refractivity contribution is 7.98. The summed E-state index contributed by atoms with van der Waals surface area (Å²) in [5, 5.41) is 0. The molecule has 2 aromatic rings. The van der Waals surface area contributed by atoms with Crippen LogP contribution in [0.5, 0.6) is 0 Å². The number of alkyl halides is 3. The van der Waals surface area contributed by atoms with Crippen molar-refractivity contribution in [1.82, 2.24) is 9.80 Å². The molecule has 1 heterocycles. The molecule has 0 aliphatic carbocycles. The number of hydrogen-bond acceptors (Lipinski definition) is 3. The van der Waals surface area contributed by atoms with E-state index in [-0.39, 0.29) is 0 Å². The molecule has 0 spiro atoms. The fraction of sp³-hybridized carbons (Fsp3) is 0.400. The first-order chi connectivity index (χ1) is 12.5. The Morgan fingerprint density at radius 3 is 2.00 bits per heavy atom. The van der Waals surface area contributed by atoms with Gasteiger partial charge >= 0.3 is 6.18 Å². The third-order valence-corrected chi connectivity index (χ3v) is 5.49. The van der Waals surface area contributed by atoms with Crippen LogP contribution >= 0.6 is 11.8 Å². The summed E-state index contributed by atoms with van der Waals surface area (Å²) in [6.07, 6.45) is -2.23. The molecule has 2 nitrogen and oxygen atoms in total. The van der Waals surface area contributed by atoms with Crippen LogP contribution in [0.1, 0.15) is 16.7 Å². The van der Waals surface area contributed by atoms with E-state index in [2.05, 4.69) is 40.3 Å². The highest BCUT2D eigenvalue weighted by Gasteiger charge is 2.33. The molecular formula is C20H23F3N2S. The predicted octanol–water partition coefficient (Wildman–Crippen LogP) is 4.75. The molecule has 0 bridgehead atoms. The minimum atomic E-state index is -4.29. The van der Waals surface area contributed by atoms with Gasteiger partial charge in [0.15, 0.2) is 0 Å². The lowest BCUT2D eigenvalue weighted by atomic mass is 10.1. The molecule has 1 saturated heterocycles. The zero-order chi connectivity index (χ0) is 18.6. The third-order valence-electron chi connectivity index (χ3n) is 4.75. The molecule has 1 aliphatic rings. The highest BCUT2D eigenvalue weighted by atomic mass is 32.2. The van der Waals surface area contributed by atoms with Gasteiger partial charge in [0.2, 0.25) is 0 Å². The van der Waals surface area contributed by atoms with E-state index < -0.39 is 11.7 Å². The Balaban J connectivity index is 1.54. The molecule has 26 heavy (non-hydrogen) atoms. The summed E-state index contributed by atoms with van der Waals surface area (Å²) >= 11 is 1.73. The fourth-order valence-electron chi connectivity index (χ4n) is 3.27. The van der Waals surface area contributed by atoms with Gasteiger partial charge in [-0.25, -0.2) is 0 Å². The first kappa shape index (κ1) is 19.3. The van der Waals surface area contributed by atoms with E-state index in [1.165, 1.54) is 22.6 Å². The zero-order valence-corrected chi connectivity index (χ0v) is 15.6. The molecule has 2 aromatic carbocycles. The van der Waals surface area contributed by atoms with E-state index in [9.17, 15) is 13.2 Å². The van der Waals surface area contributed by atoms with Crippen LogP contribution in [0.25, 0.3) is 0 Å². The number of benzene rings is 2. The molecule has 0 atom stereocenters. The smallest absolute Gasteiger partial charge is 0.297 e. The second kappa shape index (κ2) is 8.46. The Labute approximate surface area is 157 Å². The van der Waals surface area contributed by atoms with Gasteiger partial charge in [-0.15, -0.1) is 11.8 Å². The Morgan fingerprint density at radius 2 is 1.42 bits per heavy atom. The van der Waals surface area contributed by atoms with Crippen molar-refractivity contribution in [3.8, 4) is 0 Å². The number of piperazine rings is 1. The maximum absolute atomic E-state index is 13.1. The van der Waals surface area contributed by atoms with Crippen molar-refractivity contribution in [3.63, 3.8) is 0 Å². The van der Waals surface area contributed by atoms with Crippen LogP contribution < -0.4 is 0 Å². The van der Waals surface area contributed by atoms with Gasteiger partial charge in [0.1, 0.15) is 0 Å². The summed E-state index contributed by atoms with van der Waals surface area (Å²) in [6, 6.07) is 14.4. The minimum absolute atomic E-state index is 0.353. The SMILES string of the molecule is CSc1ccc(CN2CCN(Cc3ccccc3C(F)(F)F)CC2)cc1. The third kappa shape index (κ3) is 5.02. The van der Waals surface area contributed by atoms with Gasteiger partial charge in [-0.2, -0.15) is 13.2 Å². The van der Waals surface area contributed by atoms with Crippen molar-refractivity contribution in [1.29, 1.82) is 0 Å². The van der Waals surface area contributed by atoms with Crippen molar-refractivity contribution in [2.75, 3.05) is 32.4 Å². The first-order valence-electron chi connectivity index (χ1n) is 8.68. The van der Waals surface area contributed by atoms with Gasteiger partial charge in [0.05, 0.1) is 5.56 Å². The monoisotopic (exact) mass is 380 g/mol. The Hall–Kier alpha value is -1.50. The van der Waals surface area contributed by atoms with Crippen LogP contribution in [0.4, 0.5) is 13.2 Å². The van der Waals surface area contributed by atoms with E-state index >= 15 is 0 Å². The molecule has 6 heteroatoms. The fourth-order valence-corrected chi connectivity index (χ4v) is 3.68. The quantitative estimate of drug-likeness (QED) is 0.692. The second-order valence-corrected chi connectivity index (χ2v) is 7.43. The van der Waals surface area contributed by atoms with Gasteiger partial charge < -0.3 is 0 Å². The first-order valence-corrected chi connectivity index (χ1v) is 9.91. The van der Waals surface area contributed by atoms with E-state index in [0.29, 0.717) is 12.1 Å². The van der Waals surface area contributed by atoms with Crippen molar-refractivity contribution in [2.24, 2.45) is 0 Å². The molecule has 0 aromatic heterocycles. The lowest BCUT2D eigenvalue weighted by Gasteiger charge is -2.35. The van der Waals surface area contributed by atoms with Gasteiger partial charge in [0.25, 0.3) is 0 Å². The van der Waals surface area contributed by atoms with Crippen LogP contribution in [0.3, 0.4) is 0 Å². The molecule has 0 amide bonds. The molecule has 3 rings (SSSR count). The summed E-state index contributed by atoms with van der Waals surface area (Å²) in [5.41, 5.74) is 1.12. The zero-order valence-electron chi connectivity index (χ0n) is 14.8. The average molecular weight is 380 g/mol. The van der Waals surface area contributed by atoms with Crippen LogP contribution in [0.2, 0.25) is 0 Å². The average Bonchev–Trinajstić information content (AvgIpc) is 2.63. The molecule has 0 radical (unpaired) electrons. The minimum Gasteiger partial charge on any atom is -0.297 e. The van der Waals surface area contributed by atoms with Crippen LogP contribution in [0, 0.1) is 0 Å². The van der Waals surface area contributed by atoms with E-state index in [4.69, 9.17) is 0 Å². The number of nitrogens with zero attached hydrogens (tertiary/aromatic N) is 2. The molecule has 1 aliphatic heterocycles. The van der Waals surface area contributed by atoms with Crippen LogP contribution in [-0.2, 0) is 19.3 Å². The van der Waals surface area contributed by atoms with E-state index in [1.807, 2.05) is 0 Å². The Kier molecular flexibility index (Phi) is 6.27. The molecular weight excluding hydrogens is 357 g/mol. The Morgan fingerprint density at radius 1 is 0.846 bits per heavy atom. The second-order valence-electron chi connectivity index (χ2n) is 6.56. The normalized spacial score (nSPS) is 16.8. The van der Waals surface area contributed by atoms with Crippen molar-refractivity contribution in [2.45, 2.75) is 24.2 Å². The van der Waals surface area contributed by atoms with Crippen LogP contribution in [0.15, 0.2) is 53.4 Å². The van der Waals surface area contributed by atoms with Gasteiger partial charge in [-0.3, -0.25) is 9.80 Å². The molecule has 1 fully saturated rings. The highest BCUT2D eigenvalue weighted by Crippen LogP contribution is 2.32. The summed E-state index contributed by atoms with van der Waals surface area (Å²) in [4.78, 5) is 5.72. The standard InChI is InChI=1S/C20H23F3N2S/c1-26-18-8-6-16(7-9-18)14-24-10-12-25(13-11-24)15-17-4-2-3-5-19(17)20(21,22)23/h2-9H,10-15H2,1H3. The summed E-state index contributed by atoms with van der Waals surface area (Å²) < 4.78 is 39.4. The maximum atomic E-state index is 13.1. The van der Waals surface area contributed by atoms with Gasteiger partial charge in [-0.1, -0.05) is 30.3 Å². The number of hydrogen-bond donors (Lipinski definition) is 0. The van der Waals surface area contributed by atoms with Crippen LogP contribution in [-0.4, -0.2) is 42.2 Å². The molecule has 0 unspecified atom stereocenters. The van der Waals surface area contributed by atoms with Crippen molar-refractivity contribution >= 4 is 11.8 Å². The topological polar surface area (TPSA) is 6.48 Å². The number of thioether (sulfide) groups is 1. The van der Waals surface area contributed by atoms with Gasteiger partial charge in [-0.05, 0) is 35.6 Å². The lowest BCUT2D eigenvalue weighted by molar-refractivity contribution is -0.138. The van der Waals surface area contributed by atoms with Gasteiger partial charge in [0, 0.05) is 44.2 Å². The molecule has 0 saturated carbocycles. The summed E-state index contributed by atoms with van der Waals surface area (Å²) in [7, 11) is 0. The molecule has 0 N–H and O–H groups in total. The number of rotatable bonds is 5. The van der Waals surface area contributed by atoms with E-state index in [0.717, 1.165) is 32.7 Å². The maximum Gasteiger partial charge on any atom is 0.416 e. The summed E-state index contributed by atoms with van der Waals surface area (Å²) in [5.74, 6) is 0. The van der Waals surface area contributed by atoms with E-state index in [1.54, 1.807) is 23.9 Å².